The van der Waals surface area contributed by atoms with Gasteiger partial charge in [-0.25, -0.2) is 0 Å². The monoisotopic (exact) mass is 836 g/mol. The first-order valence-electron chi connectivity index (χ1n) is 20.7. The van der Waals surface area contributed by atoms with Crippen LogP contribution in [-0.2, 0) is 33.2 Å². The molecule has 3 saturated heterocycles. The van der Waals surface area contributed by atoms with Crippen molar-refractivity contribution in [2.75, 3.05) is 33.0 Å². The number of ether oxygens (including phenoxy) is 6. The molecule has 2 saturated carbocycles. The van der Waals surface area contributed by atoms with Gasteiger partial charge in [0.25, 0.3) is 0 Å². The molecule has 18 nitrogen and oxygen atoms in total. The average molecular weight is 837 g/mol. The molecule has 5 rings (SSSR count). The van der Waals surface area contributed by atoms with E-state index in [-0.39, 0.29) is 35.9 Å². The summed E-state index contributed by atoms with van der Waals surface area (Å²) >= 11 is 0. The molecule has 0 amide bonds. The number of esters is 1. The van der Waals surface area contributed by atoms with Crippen LogP contribution < -0.4 is 0 Å². The van der Waals surface area contributed by atoms with Gasteiger partial charge in [0.15, 0.2) is 6.29 Å². The van der Waals surface area contributed by atoms with Crippen LogP contribution in [0.2, 0.25) is 0 Å². The largest absolute Gasteiger partial charge is 0.432 e. The highest BCUT2D eigenvalue weighted by Gasteiger charge is 2.62. The molecule has 3 aliphatic heterocycles. The lowest BCUT2D eigenvalue weighted by molar-refractivity contribution is -0.343. The summed E-state index contributed by atoms with van der Waals surface area (Å²) in [6.45, 7) is 10.7. The van der Waals surface area contributed by atoms with E-state index in [0.29, 0.717) is 19.3 Å². The molecule has 2 aliphatic carbocycles. The van der Waals surface area contributed by atoms with Gasteiger partial charge in [-0.15, -0.1) is 0 Å². The Kier molecular flexibility index (Phi) is 15.9. The number of carbonyl (C=O) groups excluding carboxylic acids is 1. The minimum atomic E-state index is -1.78. The van der Waals surface area contributed by atoms with Gasteiger partial charge in [0, 0.05) is 0 Å². The third-order valence-corrected chi connectivity index (χ3v) is 14.1. The lowest BCUT2D eigenvalue weighted by Gasteiger charge is -2.62. The van der Waals surface area contributed by atoms with Crippen molar-refractivity contribution in [2.45, 2.75) is 171 Å². The summed E-state index contributed by atoms with van der Waals surface area (Å²) in [5.41, 5.74) is -0.725. The Morgan fingerprint density at radius 1 is 0.707 bits per heavy atom. The Bertz CT molecular complexity index is 1370. The van der Waals surface area contributed by atoms with Crippen LogP contribution >= 0.6 is 0 Å². The molecule has 5 aliphatic rings. The van der Waals surface area contributed by atoms with E-state index in [1.807, 2.05) is 6.92 Å². The topological polar surface area (TPSA) is 295 Å². The number of aliphatic hydroxyl groups excluding tert-OH is 11. The van der Waals surface area contributed by atoms with E-state index >= 15 is 0 Å². The zero-order valence-corrected chi connectivity index (χ0v) is 34.0. The first-order valence-corrected chi connectivity index (χ1v) is 20.7. The Morgan fingerprint density at radius 3 is 1.84 bits per heavy atom. The van der Waals surface area contributed by atoms with Gasteiger partial charge >= 0.3 is 5.97 Å². The SMILES string of the molecule is C=C(COC[C@@H]1OC(CO)[C@@H](O)C(O)C1O[C@@H]1OC(CO)[C@@H](O)C(O)C1O)C[C@@]1(C)CC[C@H]2[C@@](C)(CCC[C@@]2(C)C(=O)O[C@@H]2OC(CO)[C@@H](O)C(O)C2O)[C@@H]1CCC. The second-order valence-corrected chi connectivity index (χ2v) is 18.1. The molecule has 0 bridgehead atoms. The van der Waals surface area contributed by atoms with Crippen molar-refractivity contribution in [3.63, 3.8) is 0 Å². The van der Waals surface area contributed by atoms with Gasteiger partial charge in [-0.3, -0.25) is 4.79 Å². The van der Waals surface area contributed by atoms with Gasteiger partial charge in [0.05, 0.1) is 38.4 Å². The second kappa shape index (κ2) is 19.3. The van der Waals surface area contributed by atoms with Crippen LogP contribution in [0.3, 0.4) is 0 Å². The molecular weight excluding hydrogens is 768 g/mol. The number of hydrogen-bond acceptors (Lipinski definition) is 18. The van der Waals surface area contributed by atoms with E-state index in [1.54, 1.807) is 0 Å². The number of rotatable bonds is 15. The highest BCUT2D eigenvalue weighted by atomic mass is 16.7. The van der Waals surface area contributed by atoms with Crippen LogP contribution in [0.4, 0.5) is 0 Å². The van der Waals surface area contributed by atoms with Gasteiger partial charge in [-0.1, -0.05) is 45.8 Å². The van der Waals surface area contributed by atoms with Crippen molar-refractivity contribution >= 4 is 5.97 Å². The third kappa shape index (κ3) is 9.19. The summed E-state index contributed by atoms with van der Waals surface area (Å²) < 4.78 is 34.5. The van der Waals surface area contributed by atoms with Crippen LogP contribution in [0.25, 0.3) is 0 Å². The summed E-state index contributed by atoms with van der Waals surface area (Å²) in [6.07, 6.45) is -16.7. The molecule has 3 heterocycles. The molecule has 11 N–H and O–H groups in total. The molecule has 0 aromatic carbocycles. The lowest BCUT2D eigenvalue weighted by Crippen LogP contribution is -2.65. The fourth-order valence-electron chi connectivity index (χ4n) is 11.0. The predicted molar refractivity (Wildman–Crippen MR) is 200 cm³/mol. The van der Waals surface area contributed by atoms with Crippen molar-refractivity contribution in [2.24, 2.45) is 28.1 Å². The Labute approximate surface area is 339 Å². The second-order valence-electron chi connectivity index (χ2n) is 18.1. The molecule has 20 atom stereocenters. The van der Waals surface area contributed by atoms with Crippen molar-refractivity contribution in [1.82, 2.24) is 0 Å². The number of carbonyl (C=O) groups is 1. The average Bonchev–Trinajstić information content (AvgIpc) is 3.18. The summed E-state index contributed by atoms with van der Waals surface area (Å²) in [5, 5.41) is 113. The molecule has 0 radical (unpaired) electrons. The fraction of sp³-hybridized carbons (Fsp3) is 0.925. The molecule has 0 aromatic rings. The molecule has 9 unspecified atom stereocenters. The molecule has 58 heavy (non-hydrogen) atoms. The van der Waals surface area contributed by atoms with Crippen LogP contribution in [0.5, 0.6) is 0 Å². The van der Waals surface area contributed by atoms with E-state index in [4.69, 9.17) is 28.4 Å². The molecule has 336 valence electrons. The van der Waals surface area contributed by atoms with Gasteiger partial charge in [-0.2, -0.15) is 0 Å². The highest BCUT2D eigenvalue weighted by Crippen LogP contribution is 2.66. The van der Waals surface area contributed by atoms with Gasteiger partial charge in [0.1, 0.15) is 79.4 Å². The number of fused-ring (bicyclic) bond motifs is 1. The minimum absolute atomic E-state index is 0.0762. The standard InChI is InChI=1S/C40H68O18/c1-6-8-24-38(3,12-9-25-39(24,4)10-7-11-40(25,5)37(52)58-36-33(51)30(48)27(45)22(16-43)56-36)13-19(2)17-53-18-23-34(31(49)28(46)20(14-41)54-23)57-35-32(50)29(47)26(44)21(15-42)55-35/h20-36,41-51H,2,6-18H2,1,3-5H3/t20?,21?,22?,23-,24+,25-,26+,27+,28+,29?,30?,31?,32?,33?,34?,35-,36-,38+,39-,40+/m0/s1. The maximum Gasteiger partial charge on any atom is 0.314 e. The Morgan fingerprint density at radius 2 is 1.26 bits per heavy atom. The van der Waals surface area contributed by atoms with Crippen molar-refractivity contribution in [3.05, 3.63) is 12.2 Å². The Balaban J connectivity index is 1.25. The van der Waals surface area contributed by atoms with Crippen molar-refractivity contribution in [3.8, 4) is 0 Å². The highest BCUT2D eigenvalue weighted by molar-refractivity contribution is 5.77. The number of aliphatic hydroxyl groups is 11. The maximum atomic E-state index is 14.1. The van der Waals surface area contributed by atoms with E-state index < -0.39 is 123 Å². The molecule has 0 aromatic heterocycles. The van der Waals surface area contributed by atoms with Gasteiger partial charge in [-0.05, 0) is 68.1 Å². The van der Waals surface area contributed by atoms with Crippen LogP contribution in [0, 0.1) is 28.1 Å². The van der Waals surface area contributed by atoms with Crippen molar-refractivity contribution < 1.29 is 89.4 Å². The Hall–Kier alpha value is -1.43. The zero-order chi connectivity index (χ0) is 42.9. The summed E-state index contributed by atoms with van der Waals surface area (Å²) in [4.78, 5) is 14.1. The van der Waals surface area contributed by atoms with E-state index in [9.17, 15) is 61.0 Å². The first-order chi connectivity index (χ1) is 27.3. The summed E-state index contributed by atoms with van der Waals surface area (Å²) in [6, 6.07) is 0. The molecule has 18 heteroatoms. The van der Waals surface area contributed by atoms with Crippen LogP contribution in [-0.4, -0.2) is 187 Å². The van der Waals surface area contributed by atoms with Gasteiger partial charge < -0.3 is 84.6 Å². The summed E-state index contributed by atoms with van der Waals surface area (Å²) in [5.74, 6) is -0.505. The van der Waals surface area contributed by atoms with E-state index in [0.717, 1.165) is 37.7 Å². The quantitative estimate of drug-likeness (QED) is 0.0627. The van der Waals surface area contributed by atoms with Crippen molar-refractivity contribution in [1.29, 1.82) is 0 Å². The number of hydrogen-bond donors (Lipinski definition) is 11. The van der Waals surface area contributed by atoms with Gasteiger partial charge in [0.2, 0.25) is 6.29 Å². The van der Waals surface area contributed by atoms with E-state index in [1.165, 1.54) is 0 Å². The smallest absolute Gasteiger partial charge is 0.314 e. The first kappa shape index (κ1) is 47.6. The van der Waals surface area contributed by atoms with Crippen LogP contribution in [0.1, 0.15) is 79.1 Å². The molecule has 5 fully saturated rings. The third-order valence-electron chi connectivity index (χ3n) is 14.1. The van der Waals surface area contributed by atoms with Crippen LogP contribution in [0.15, 0.2) is 12.2 Å². The fourth-order valence-corrected chi connectivity index (χ4v) is 11.0. The minimum Gasteiger partial charge on any atom is -0.432 e. The zero-order valence-electron chi connectivity index (χ0n) is 34.0. The molecular formula is C40H68O18. The maximum absolute atomic E-state index is 14.1. The predicted octanol–water partition coefficient (Wildman–Crippen LogP) is -2.01. The normalized spacial score (nSPS) is 48.6. The summed E-state index contributed by atoms with van der Waals surface area (Å²) in [7, 11) is 0. The lowest BCUT2D eigenvalue weighted by atomic mass is 9.42. The molecule has 0 spiro atoms. The van der Waals surface area contributed by atoms with E-state index in [2.05, 4.69) is 27.4 Å².